The number of nitrogens with zero attached hydrogens (tertiary/aromatic N) is 1. The first-order valence-corrected chi connectivity index (χ1v) is 10.3. The van der Waals surface area contributed by atoms with Crippen molar-refractivity contribution in [2.24, 2.45) is 5.92 Å². The van der Waals surface area contributed by atoms with Gasteiger partial charge in [-0.2, -0.15) is 4.31 Å². The maximum atomic E-state index is 13.4. The number of halogens is 2. The molecule has 2 aliphatic heterocycles. The number of carbonyl (C=O) groups is 1. The second-order valence-electron chi connectivity index (χ2n) is 6.84. The van der Waals surface area contributed by atoms with Gasteiger partial charge in [0.2, 0.25) is 15.9 Å². The van der Waals surface area contributed by atoms with E-state index >= 15 is 0 Å². The van der Waals surface area contributed by atoms with E-state index in [0.717, 1.165) is 37.9 Å². The van der Waals surface area contributed by atoms with Crippen molar-refractivity contribution in [3.05, 3.63) is 29.8 Å². The van der Waals surface area contributed by atoms with Gasteiger partial charge in [-0.3, -0.25) is 4.79 Å². The van der Waals surface area contributed by atoms with Crippen molar-refractivity contribution in [1.29, 1.82) is 0 Å². The van der Waals surface area contributed by atoms with Crippen molar-refractivity contribution < 1.29 is 22.0 Å². The quantitative estimate of drug-likeness (QED) is 0.797. The molecule has 9 heteroatoms. The number of nitrogens with one attached hydrogen (secondary N) is 2. The molecule has 0 spiro atoms. The number of hydrogen-bond donors (Lipinski definition) is 2. The molecular formula is C17H23F2N3O3S. The molecule has 1 amide bonds. The normalized spacial score (nSPS) is 24.5. The van der Waals surface area contributed by atoms with Gasteiger partial charge in [-0.05, 0) is 56.3 Å². The van der Waals surface area contributed by atoms with Crippen LogP contribution in [0.3, 0.4) is 0 Å². The number of carbonyl (C=O) groups excluding carboxylic acids is 1. The first kappa shape index (κ1) is 19.2. The molecule has 1 aromatic carbocycles. The number of piperidine rings is 1. The Morgan fingerprint density at radius 2 is 2.04 bits per heavy atom. The summed E-state index contributed by atoms with van der Waals surface area (Å²) in [6.45, 7) is 1.82. The van der Waals surface area contributed by atoms with Gasteiger partial charge < -0.3 is 10.6 Å². The topological polar surface area (TPSA) is 78.5 Å². The molecule has 6 nitrogen and oxygen atoms in total. The van der Waals surface area contributed by atoms with Crippen LogP contribution in [0.15, 0.2) is 23.1 Å². The van der Waals surface area contributed by atoms with Crippen molar-refractivity contribution in [2.45, 2.75) is 36.6 Å². The fourth-order valence-electron chi connectivity index (χ4n) is 3.47. The predicted octanol–water partition coefficient (Wildman–Crippen LogP) is 1.23. The van der Waals surface area contributed by atoms with Crippen molar-refractivity contribution in [2.75, 3.05) is 26.2 Å². The lowest BCUT2D eigenvalue weighted by molar-refractivity contribution is -0.123. The Hall–Kier alpha value is -1.58. The minimum atomic E-state index is -3.89. The zero-order chi connectivity index (χ0) is 18.7. The Bertz CT molecular complexity index is 767. The molecule has 0 aliphatic carbocycles. The molecule has 2 atom stereocenters. The Morgan fingerprint density at radius 3 is 2.73 bits per heavy atom. The first-order chi connectivity index (χ1) is 12.4. The van der Waals surface area contributed by atoms with Crippen molar-refractivity contribution >= 4 is 15.9 Å². The molecule has 0 saturated carbocycles. The van der Waals surface area contributed by atoms with Crippen LogP contribution in [0.2, 0.25) is 0 Å². The summed E-state index contributed by atoms with van der Waals surface area (Å²) in [7, 11) is -3.89. The van der Waals surface area contributed by atoms with Crippen LogP contribution in [-0.2, 0) is 14.8 Å². The van der Waals surface area contributed by atoms with E-state index in [1.165, 1.54) is 4.31 Å². The maximum Gasteiger partial charge on any atom is 0.243 e. The summed E-state index contributed by atoms with van der Waals surface area (Å²) < 4.78 is 53.1. The Balaban J connectivity index is 1.61. The Labute approximate surface area is 152 Å². The number of sulfonamides is 1. The van der Waals surface area contributed by atoms with Crippen molar-refractivity contribution in [3.63, 3.8) is 0 Å². The lowest BCUT2D eigenvalue weighted by Crippen LogP contribution is -2.46. The van der Waals surface area contributed by atoms with Gasteiger partial charge >= 0.3 is 0 Å². The largest absolute Gasteiger partial charge is 0.354 e. The molecule has 2 saturated heterocycles. The number of benzene rings is 1. The highest BCUT2D eigenvalue weighted by Crippen LogP contribution is 2.24. The Morgan fingerprint density at radius 1 is 1.23 bits per heavy atom. The van der Waals surface area contributed by atoms with Gasteiger partial charge in [0.25, 0.3) is 0 Å². The highest BCUT2D eigenvalue weighted by Gasteiger charge is 2.31. The van der Waals surface area contributed by atoms with Gasteiger partial charge in [-0.1, -0.05) is 0 Å². The first-order valence-electron chi connectivity index (χ1n) is 8.84. The predicted molar refractivity (Wildman–Crippen MR) is 91.9 cm³/mol. The summed E-state index contributed by atoms with van der Waals surface area (Å²) in [5.74, 6) is -2.32. The van der Waals surface area contributed by atoms with E-state index in [0.29, 0.717) is 25.6 Å². The van der Waals surface area contributed by atoms with Crippen LogP contribution in [0.1, 0.15) is 25.7 Å². The average Bonchev–Trinajstić information content (AvgIpc) is 3.17. The lowest BCUT2D eigenvalue weighted by Gasteiger charge is -2.32. The summed E-state index contributed by atoms with van der Waals surface area (Å²) in [6, 6.07) is 2.44. The van der Waals surface area contributed by atoms with E-state index in [1.807, 2.05) is 0 Å². The summed E-state index contributed by atoms with van der Waals surface area (Å²) in [5.41, 5.74) is 0. The molecule has 0 radical (unpaired) electrons. The minimum absolute atomic E-state index is 0.00540. The van der Waals surface area contributed by atoms with E-state index in [2.05, 4.69) is 10.6 Å². The molecule has 3 rings (SSSR count). The van der Waals surface area contributed by atoms with Crippen LogP contribution >= 0.6 is 0 Å². The SMILES string of the molecule is O=C(NCC1CCCN(S(=O)(=O)c2ccc(F)c(F)c2)C1)C1CCCN1. The van der Waals surface area contributed by atoms with E-state index < -0.39 is 21.7 Å². The van der Waals surface area contributed by atoms with Crippen molar-refractivity contribution in [1.82, 2.24) is 14.9 Å². The van der Waals surface area contributed by atoms with Crippen LogP contribution < -0.4 is 10.6 Å². The summed E-state index contributed by atoms with van der Waals surface area (Å²) in [5, 5.41) is 6.01. The summed E-state index contributed by atoms with van der Waals surface area (Å²) >= 11 is 0. The van der Waals surface area contributed by atoms with Crippen LogP contribution in [0, 0.1) is 17.6 Å². The third-order valence-corrected chi connectivity index (χ3v) is 6.81. The minimum Gasteiger partial charge on any atom is -0.354 e. The second-order valence-corrected chi connectivity index (χ2v) is 8.78. The number of amides is 1. The van der Waals surface area contributed by atoms with Gasteiger partial charge in [-0.15, -0.1) is 0 Å². The fraction of sp³-hybridized carbons (Fsp3) is 0.588. The smallest absolute Gasteiger partial charge is 0.243 e. The van der Waals surface area contributed by atoms with Crippen LogP contribution in [0.5, 0.6) is 0 Å². The molecule has 2 N–H and O–H groups in total. The molecule has 2 aliphatic rings. The molecule has 2 heterocycles. The number of rotatable bonds is 5. The van der Waals surface area contributed by atoms with Gasteiger partial charge in [-0.25, -0.2) is 17.2 Å². The maximum absolute atomic E-state index is 13.4. The summed E-state index contributed by atoms with van der Waals surface area (Å²) in [4.78, 5) is 11.8. The van der Waals surface area contributed by atoms with Crippen LogP contribution in [0.4, 0.5) is 8.78 Å². The lowest BCUT2D eigenvalue weighted by atomic mass is 9.99. The zero-order valence-corrected chi connectivity index (χ0v) is 15.2. The zero-order valence-electron chi connectivity index (χ0n) is 14.4. The van der Waals surface area contributed by atoms with Gasteiger partial charge in [0, 0.05) is 19.6 Å². The third kappa shape index (κ3) is 4.21. The highest BCUT2D eigenvalue weighted by atomic mass is 32.2. The fourth-order valence-corrected chi connectivity index (χ4v) is 5.04. The molecule has 2 unspecified atom stereocenters. The van der Waals surface area contributed by atoms with Crippen LogP contribution in [-0.4, -0.2) is 50.9 Å². The molecule has 0 bridgehead atoms. The molecule has 0 aromatic heterocycles. The molecular weight excluding hydrogens is 364 g/mol. The molecule has 1 aromatic rings. The highest BCUT2D eigenvalue weighted by molar-refractivity contribution is 7.89. The van der Waals surface area contributed by atoms with Crippen molar-refractivity contribution in [3.8, 4) is 0 Å². The molecule has 144 valence electrons. The van der Waals surface area contributed by atoms with E-state index in [9.17, 15) is 22.0 Å². The van der Waals surface area contributed by atoms with E-state index in [1.54, 1.807) is 0 Å². The monoisotopic (exact) mass is 387 g/mol. The van der Waals surface area contributed by atoms with Gasteiger partial charge in [0.15, 0.2) is 11.6 Å². The molecule has 2 fully saturated rings. The standard InChI is InChI=1S/C17H23F2N3O3S/c18-14-6-5-13(9-15(14)19)26(24,25)22-8-2-3-12(11-22)10-21-17(23)16-4-1-7-20-16/h5-6,9,12,16,20H,1-4,7-8,10-11H2,(H,21,23). The van der Waals surface area contributed by atoms with E-state index in [4.69, 9.17) is 0 Å². The van der Waals surface area contributed by atoms with Gasteiger partial charge in [0.1, 0.15) is 0 Å². The van der Waals surface area contributed by atoms with Crippen LogP contribution in [0.25, 0.3) is 0 Å². The Kier molecular flexibility index (Phi) is 5.89. The third-order valence-electron chi connectivity index (χ3n) is 4.95. The molecule has 26 heavy (non-hydrogen) atoms. The number of hydrogen-bond acceptors (Lipinski definition) is 4. The van der Waals surface area contributed by atoms with E-state index in [-0.39, 0.29) is 29.3 Å². The van der Waals surface area contributed by atoms with Gasteiger partial charge in [0.05, 0.1) is 10.9 Å². The average molecular weight is 387 g/mol. The summed E-state index contributed by atoms with van der Waals surface area (Å²) in [6.07, 6.45) is 3.25. The second kappa shape index (κ2) is 7.98.